The molecule has 0 saturated carbocycles. The van der Waals surface area contributed by atoms with Gasteiger partial charge in [0.2, 0.25) is 0 Å². The second kappa shape index (κ2) is 11.5. The minimum absolute atomic E-state index is 0.0270. The number of halogens is 9. The van der Waals surface area contributed by atoms with Gasteiger partial charge in [0.15, 0.2) is 12.1 Å². The Kier molecular flexibility index (Phi) is 8.44. The van der Waals surface area contributed by atoms with E-state index >= 15 is 0 Å². The summed E-state index contributed by atoms with van der Waals surface area (Å²) in [4.78, 5) is -0.449. The van der Waals surface area contributed by atoms with Gasteiger partial charge in [-0.2, -0.15) is 47.9 Å². The summed E-state index contributed by atoms with van der Waals surface area (Å²) in [5.41, 5.74) is 0. The largest absolute Gasteiger partial charge is 0.460 e. The van der Waals surface area contributed by atoms with Gasteiger partial charge in [-0.3, -0.25) is 0 Å². The van der Waals surface area contributed by atoms with Gasteiger partial charge >= 0.3 is 33.4 Å². The van der Waals surface area contributed by atoms with E-state index < -0.39 is 50.4 Å². The van der Waals surface area contributed by atoms with E-state index in [-0.39, 0.29) is 26.8 Å². The van der Waals surface area contributed by atoms with Crippen molar-refractivity contribution in [3.05, 3.63) is 109 Å². The maximum absolute atomic E-state index is 14.9. The minimum Gasteiger partial charge on any atom is -0.376 e. The molecule has 0 atom stereocenters. The zero-order valence-electron chi connectivity index (χ0n) is 22.7. The molecule has 16 heteroatoms. The van der Waals surface area contributed by atoms with Crippen LogP contribution in [0.4, 0.5) is 39.5 Å². The number of rotatable bonds is 9. The lowest BCUT2D eigenvalue weighted by Gasteiger charge is -2.32. The molecule has 5 rings (SSSR count). The summed E-state index contributed by atoms with van der Waals surface area (Å²) < 4.78 is 169. The van der Waals surface area contributed by atoms with Gasteiger partial charge in [0.05, 0.1) is 4.90 Å². The van der Waals surface area contributed by atoms with Crippen molar-refractivity contribution in [2.75, 3.05) is 0 Å². The lowest BCUT2D eigenvalue weighted by atomic mass is 10.0. The Morgan fingerprint density at radius 3 is 1.39 bits per heavy atom. The molecule has 0 unspecified atom stereocenters. The molecule has 0 N–H and O–H groups in total. The van der Waals surface area contributed by atoms with Crippen LogP contribution in [0.1, 0.15) is 0 Å². The molecule has 0 radical (unpaired) electrons. The van der Waals surface area contributed by atoms with Crippen molar-refractivity contribution in [2.45, 2.75) is 28.2 Å². The molecular formula is C30H18F9O4PS2. The predicted octanol–water partition coefficient (Wildman–Crippen LogP) is 9.15. The molecule has 0 saturated heterocycles. The van der Waals surface area contributed by atoms with Crippen LogP contribution in [0.2, 0.25) is 0 Å². The topological polar surface area (TPSA) is 60.4 Å². The van der Waals surface area contributed by atoms with Crippen molar-refractivity contribution < 1.29 is 56.7 Å². The van der Waals surface area contributed by atoms with E-state index in [9.17, 15) is 52.5 Å². The van der Waals surface area contributed by atoms with E-state index in [4.69, 9.17) is 0 Å². The predicted molar refractivity (Wildman–Crippen MR) is 158 cm³/mol. The summed E-state index contributed by atoms with van der Waals surface area (Å²) in [5.74, 6) is -16.1. The molecule has 0 fully saturated rings. The zero-order chi connectivity index (χ0) is 33.8. The normalized spacial score (nSPS) is 13.7. The van der Waals surface area contributed by atoms with Crippen molar-refractivity contribution in [3.63, 3.8) is 0 Å². The number of fused-ring (bicyclic) bond motifs is 3. The van der Waals surface area contributed by atoms with Crippen LogP contribution in [0, 0.1) is 0 Å². The monoisotopic (exact) mass is 708 g/mol. The fraction of sp³-hybridized carbons (Fsp3) is 0.133. The highest BCUT2D eigenvalue weighted by atomic mass is 32.7. The second-order valence-electron chi connectivity index (χ2n) is 9.76. The number of hydrogen-bond acceptors (Lipinski definition) is 5. The molecule has 46 heavy (non-hydrogen) atoms. The van der Waals surface area contributed by atoms with E-state index in [0.29, 0.717) is 16.8 Å². The number of alkyl halides is 9. The standard InChI is InChI=1S/C30H18F9O4PS2/c31-27(32,29(35,36)37)28(33,34)30(38,39)46(41,42)43-25-23-17-9-7-15-21(23)22-16-8-10-18-24(22)26(25)45-44(40,19-11-3-1-4-12-19)20-13-5-2-6-14-20/h1-18H. The maximum atomic E-state index is 14.9. The third-order valence-corrected chi connectivity index (χ3v) is 13.5. The highest BCUT2D eigenvalue weighted by Crippen LogP contribution is 2.64. The molecule has 0 aliphatic rings. The van der Waals surface area contributed by atoms with Crippen LogP contribution >= 0.6 is 17.7 Å². The van der Waals surface area contributed by atoms with Gasteiger partial charge in [0, 0.05) is 21.4 Å². The second-order valence-corrected chi connectivity index (χ2v) is 16.2. The van der Waals surface area contributed by atoms with E-state index in [1.54, 1.807) is 18.2 Å². The lowest BCUT2D eigenvalue weighted by molar-refractivity contribution is -0.382. The van der Waals surface area contributed by atoms with E-state index in [1.165, 1.54) is 84.9 Å². The highest BCUT2D eigenvalue weighted by molar-refractivity contribution is 8.62. The minimum atomic E-state index is -7.51. The summed E-state index contributed by atoms with van der Waals surface area (Å²) >= 11 is 0.442. The number of benzene rings is 5. The van der Waals surface area contributed by atoms with Crippen molar-refractivity contribution in [3.8, 4) is 5.75 Å². The first-order chi connectivity index (χ1) is 21.4. The van der Waals surface area contributed by atoms with Gasteiger partial charge in [-0.05, 0) is 22.2 Å². The molecule has 0 spiro atoms. The average molecular weight is 709 g/mol. The van der Waals surface area contributed by atoms with Crippen molar-refractivity contribution >= 4 is 60.0 Å². The Morgan fingerprint density at radius 1 is 0.543 bits per heavy atom. The lowest BCUT2D eigenvalue weighted by Crippen LogP contribution is -2.63. The highest BCUT2D eigenvalue weighted by Gasteiger charge is 2.86. The van der Waals surface area contributed by atoms with Crippen molar-refractivity contribution in [1.29, 1.82) is 0 Å². The molecule has 0 amide bonds. The Morgan fingerprint density at radius 2 is 0.935 bits per heavy atom. The quantitative estimate of drug-likeness (QED) is 0.0662. The van der Waals surface area contributed by atoms with Crippen LogP contribution in [0.3, 0.4) is 0 Å². The van der Waals surface area contributed by atoms with Gasteiger partial charge in [0.1, 0.15) is 0 Å². The van der Waals surface area contributed by atoms with Crippen molar-refractivity contribution in [2.24, 2.45) is 0 Å². The molecule has 0 aromatic heterocycles. The molecule has 0 aliphatic heterocycles. The molecule has 5 aromatic carbocycles. The van der Waals surface area contributed by atoms with Crippen LogP contribution in [-0.4, -0.2) is 31.7 Å². The molecule has 0 bridgehead atoms. The fourth-order valence-corrected chi connectivity index (χ4v) is 10.6. The molecule has 0 heterocycles. The van der Waals surface area contributed by atoms with Gasteiger partial charge < -0.3 is 8.75 Å². The Balaban J connectivity index is 1.81. The molecular weight excluding hydrogens is 690 g/mol. The van der Waals surface area contributed by atoms with E-state index in [2.05, 4.69) is 4.18 Å². The van der Waals surface area contributed by atoms with Crippen LogP contribution in [-0.2, 0) is 14.7 Å². The van der Waals surface area contributed by atoms with E-state index in [1.807, 2.05) is 0 Å². The smallest absolute Gasteiger partial charge is 0.376 e. The molecule has 5 aromatic rings. The van der Waals surface area contributed by atoms with Crippen LogP contribution in [0.5, 0.6) is 5.75 Å². The van der Waals surface area contributed by atoms with Crippen LogP contribution in [0.25, 0.3) is 21.5 Å². The first-order valence-electron chi connectivity index (χ1n) is 12.9. The SMILES string of the molecule is O=P(Sc1c(OS(=O)(=O)C(F)(F)C(F)(F)C(F)(F)C(F)(F)F)c2ccccc2c2ccccc12)(c1ccccc1)c1ccccc1. The zero-order valence-corrected chi connectivity index (χ0v) is 25.2. The van der Waals surface area contributed by atoms with Crippen LogP contribution < -0.4 is 14.8 Å². The van der Waals surface area contributed by atoms with Crippen molar-refractivity contribution in [1.82, 2.24) is 0 Å². The summed E-state index contributed by atoms with van der Waals surface area (Å²) in [6.07, 6.45) is -11.3. The van der Waals surface area contributed by atoms with Gasteiger partial charge in [-0.15, -0.1) is 0 Å². The summed E-state index contributed by atoms with van der Waals surface area (Å²) in [7, 11) is -7.35. The van der Waals surface area contributed by atoms with Gasteiger partial charge in [0.25, 0.3) is 0 Å². The molecule has 242 valence electrons. The first-order valence-corrected chi connectivity index (χ1v) is 17.4. The Labute approximate surface area is 259 Å². The molecule has 4 nitrogen and oxygen atoms in total. The van der Waals surface area contributed by atoms with Gasteiger partial charge in [-0.25, -0.2) is 0 Å². The first kappa shape index (κ1) is 33.7. The number of hydrogen-bond donors (Lipinski definition) is 0. The maximum Gasteiger partial charge on any atom is 0.460 e. The van der Waals surface area contributed by atoms with Gasteiger partial charge in [-0.1, -0.05) is 109 Å². The third kappa shape index (κ3) is 5.31. The Bertz CT molecular complexity index is 2030. The van der Waals surface area contributed by atoms with E-state index in [0.717, 1.165) is 6.07 Å². The average Bonchev–Trinajstić information content (AvgIpc) is 3.02. The van der Waals surface area contributed by atoms with Crippen LogP contribution in [0.15, 0.2) is 114 Å². The molecule has 0 aliphatic carbocycles. The summed E-state index contributed by atoms with van der Waals surface area (Å²) in [5, 5.41) is -6.62. The fourth-order valence-electron chi connectivity index (χ4n) is 4.56. The summed E-state index contributed by atoms with van der Waals surface area (Å²) in [6, 6.07) is 26.3. The summed E-state index contributed by atoms with van der Waals surface area (Å²) in [6.45, 7) is 0. The Hall–Kier alpha value is -3.68. The third-order valence-electron chi connectivity index (χ3n) is 6.87.